The van der Waals surface area contributed by atoms with E-state index in [0.29, 0.717) is 29.7 Å². The summed E-state index contributed by atoms with van der Waals surface area (Å²) < 4.78 is 13.5. The van der Waals surface area contributed by atoms with E-state index in [4.69, 9.17) is 0 Å². The summed E-state index contributed by atoms with van der Waals surface area (Å²) in [6.45, 7) is 1.67. The first kappa shape index (κ1) is 14.3. The molecule has 0 saturated heterocycles. The zero-order chi connectivity index (χ0) is 15.7. The fourth-order valence-electron chi connectivity index (χ4n) is 2.40. The first-order valence-corrected chi connectivity index (χ1v) is 7.03. The minimum absolute atomic E-state index is 0.0140. The van der Waals surface area contributed by atoms with Gasteiger partial charge < -0.3 is 10.6 Å². The van der Waals surface area contributed by atoms with Gasteiger partial charge in [-0.2, -0.15) is 0 Å². The third-order valence-corrected chi connectivity index (χ3v) is 3.69. The number of amides is 2. The van der Waals surface area contributed by atoms with Crippen LogP contribution < -0.4 is 10.6 Å². The second kappa shape index (κ2) is 5.60. The van der Waals surface area contributed by atoms with Crippen LogP contribution in [0.4, 0.5) is 15.8 Å². The normalized spacial score (nSPS) is 13.3. The van der Waals surface area contributed by atoms with E-state index in [1.807, 2.05) is 0 Å². The second-order valence-corrected chi connectivity index (χ2v) is 5.34. The molecule has 1 aliphatic rings. The Kier molecular flexibility index (Phi) is 3.63. The SMILES string of the molecule is Cc1ccc(NC(=O)c2ccc3c(c2)CCC(=O)N3)cc1F. The van der Waals surface area contributed by atoms with Crippen LogP contribution in [0.1, 0.15) is 27.9 Å². The molecule has 1 aliphatic heterocycles. The fraction of sp³-hybridized carbons (Fsp3) is 0.176. The summed E-state index contributed by atoms with van der Waals surface area (Å²) in [4.78, 5) is 23.6. The van der Waals surface area contributed by atoms with Crippen molar-refractivity contribution in [1.29, 1.82) is 0 Å². The van der Waals surface area contributed by atoms with Crippen molar-refractivity contribution < 1.29 is 14.0 Å². The number of carbonyl (C=O) groups excluding carboxylic acids is 2. The van der Waals surface area contributed by atoms with Gasteiger partial charge in [-0.25, -0.2) is 4.39 Å². The van der Waals surface area contributed by atoms with Gasteiger partial charge in [-0.3, -0.25) is 9.59 Å². The number of anilines is 2. The quantitative estimate of drug-likeness (QED) is 0.894. The van der Waals surface area contributed by atoms with Crippen molar-refractivity contribution in [3.05, 3.63) is 58.9 Å². The van der Waals surface area contributed by atoms with Gasteiger partial charge in [0.1, 0.15) is 5.82 Å². The number of fused-ring (bicyclic) bond motifs is 1. The van der Waals surface area contributed by atoms with Crippen LogP contribution in [-0.2, 0) is 11.2 Å². The molecule has 3 rings (SSSR count). The van der Waals surface area contributed by atoms with Crippen LogP contribution in [0.3, 0.4) is 0 Å². The van der Waals surface area contributed by atoms with Crippen molar-refractivity contribution in [3.63, 3.8) is 0 Å². The molecule has 0 unspecified atom stereocenters. The summed E-state index contributed by atoms with van der Waals surface area (Å²) in [6, 6.07) is 9.70. The number of hydrogen-bond acceptors (Lipinski definition) is 2. The molecule has 0 spiro atoms. The van der Waals surface area contributed by atoms with Gasteiger partial charge in [-0.15, -0.1) is 0 Å². The Labute approximate surface area is 127 Å². The number of carbonyl (C=O) groups is 2. The predicted octanol–water partition coefficient (Wildman–Crippen LogP) is 3.27. The summed E-state index contributed by atoms with van der Waals surface area (Å²) in [5, 5.41) is 5.44. The third kappa shape index (κ3) is 2.83. The van der Waals surface area contributed by atoms with Crippen molar-refractivity contribution in [2.24, 2.45) is 0 Å². The van der Waals surface area contributed by atoms with Crippen molar-refractivity contribution in [1.82, 2.24) is 0 Å². The topological polar surface area (TPSA) is 58.2 Å². The van der Waals surface area contributed by atoms with Gasteiger partial charge in [-0.05, 0) is 54.8 Å². The van der Waals surface area contributed by atoms with Crippen LogP contribution in [0.2, 0.25) is 0 Å². The molecular formula is C17H15FN2O2. The molecule has 2 aromatic rings. The van der Waals surface area contributed by atoms with Gasteiger partial charge in [0.2, 0.25) is 5.91 Å². The third-order valence-electron chi connectivity index (χ3n) is 3.69. The van der Waals surface area contributed by atoms with Crippen molar-refractivity contribution in [3.8, 4) is 0 Å². The number of aryl methyl sites for hydroxylation is 2. The second-order valence-electron chi connectivity index (χ2n) is 5.34. The molecular weight excluding hydrogens is 283 g/mol. The Balaban J connectivity index is 1.80. The fourth-order valence-corrected chi connectivity index (χ4v) is 2.40. The summed E-state index contributed by atoms with van der Waals surface area (Å²) in [7, 11) is 0. The molecule has 4 nitrogen and oxygen atoms in total. The minimum Gasteiger partial charge on any atom is -0.326 e. The van der Waals surface area contributed by atoms with Crippen LogP contribution in [-0.4, -0.2) is 11.8 Å². The Hall–Kier alpha value is -2.69. The van der Waals surface area contributed by atoms with Crippen LogP contribution in [0.5, 0.6) is 0 Å². The van der Waals surface area contributed by atoms with E-state index in [1.165, 1.54) is 6.07 Å². The summed E-state index contributed by atoms with van der Waals surface area (Å²) in [6.07, 6.45) is 1.03. The molecule has 0 fully saturated rings. The van der Waals surface area contributed by atoms with Crippen LogP contribution in [0.15, 0.2) is 36.4 Å². The van der Waals surface area contributed by atoms with E-state index in [9.17, 15) is 14.0 Å². The lowest BCUT2D eigenvalue weighted by Gasteiger charge is -2.17. The predicted molar refractivity (Wildman–Crippen MR) is 82.5 cm³/mol. The number of nitrogens with one attached hydrogen (secondary N) is 2. The lowest BCUT2D eigenvalue weighted by Crippen LogP contribution is -2.20. The van der Waals surface area contributed by atoms with Gasteiger partial charge in [-0.1, -0.05) is 6.07 Å². The number of rotatable bonds is 2. The summed E-state index contributed by atoms with van der Waals surface area (Å²) in [5.41, 5.74) is 3.11. The van der Waals surface area contributed by atoms with Gasteiger partial charge >= 0.3 is 0 Å². The highest BCUT2D eigenvalue weighted by Crippen LogP contribution is 2.24. The highest BCUT2D eigenvalue weighted by atomic mass is 19.1. The standard InChI is InChI=1S/C17H15FN2O2/c1-10-2-5-13(9-14(10)18)19-17(22)12-3-6-15-11(8-12)4-7-16(21)20-15/h2-3,5-6,8-9H,4,7H2,1H3,(H,19,22)(H,20,21). The first-order valence-electron chi connectivity index (χ1n) is 7.03. The Morgan fingerprint density at radius 2 is 2.00 bits per heavy atom. The lowest BCUT2D eigenvalue weighted by molar-refractivity contribution is -0.116. The van der Waals surface area contributed by atoms with Crippen molar-refractivity contribution in [2.45, 2.75) is 19.8 Å². The first-order chi connectivity index (χ1) is 10.5. The maximum atomic E-state index is 13.5. The van der Waals surface area contributed by atoms with E-state index >= 15 is 0 Å². The van der Waals surface area contributed by atoms with Crippen LogP contribution in [0, 0.1) is 12.7 Å². The molecule has 22 heavy (non-hydrogen) atoms. The largest absolute Gasteiger partial charge is 0.326 e. The van der Waals surface area contributed by atoms with Gasteiger partial charge in [0.05, 0.1) is 0 Å². The molecule has 0 aliphatic carbocycles. The number of hydrogen-bond donors (Lipinski definition) is 2. The minimum atomic E-state index is -0.356. The number of benzene rings is 2. The molecule has 5 heteroatoms. The monoisotopic (exact) mass is 298 g/mol. The molecule has 2 amide bonds. The van der Waals surface area contributed by atoms with E-state index in [1.54, 1.807) is 37.3 Å². The zero-order valence-corrected chi connectivity index (χ0v) is 12.1. The average molecular weight is 298 g/mol. The Morgan fingerprint density at radius 3 is 2.77 bits per heavy atom. The van der Waals surface area contributed by atoms with Gasteiger partial charge in [0.25, 0.3) is 5.91 Å². The van der Waals surface area contributed by atoms with Gasteiger partial charge in [0.15, 0.2) is 0 Å². The van der Waals surface area contributed by atoms with E-state index < -0.39 is 0 Å². The van der Waals surface area contributed by atoms with Crippen LogP contribution >= 0.6 is 0 Å². The Morgan fingerprint density at radius 1 is 1.18 bits per heavy atom. The smallest absolute Gasteiger partial charge is 0.255 e. The van der Waals surface area contributed by atoms with E-state index in [2.05, 4.69) is 10.6 Å². The Bertz CT molecular complexity index is 771. The molecule has 2 aromatic carbocycles. The molecule has 0 bridgehead atoms. The maximum Gasteiger partial charge on any atom is 0.255 e. The average Bonchev–Trinajstić information content (AvgIpc) is 2.50. The van der Waals surface area contributed by atoms with Crippen molar-refractivity contribution >= 4 is 23.2 Å². The van der Waals surface area contributed by atoms with Crippen LogP contribution in [0.25, 0.3) is 0 Å². The lowest BCUT2D eigenvalue weighted by atomic mass is 10.00. The molecule has 0 aromatic heterocycles. The summed E-state index contributed by atoms with van der Waals surface area (Å²) in [5.74, 6) is -0.672. The van der Waals surface area contributed by atoms with E-state index in [0.717, 1.165) is 11.3 Å². The molecule has 112 valence electrons. The molecule has 2 N–H and O–H groups in total. The van der Waals surface area contributed by atoms with Crippen molar-refractivity contribution in [2.75, 3.05) is 10.6 Å². The van der Waals surface area contributed by atoms with Gasteiger partial charge in [0, 0.05) is 23.4 Å². The van der Waals surface area contributed by atoms with E-state index in [-0.39, 0.29) is 17.6 Å². The highest BCUT2D eigenvalue weighted by Gasteiger charge is 2.16. The number of halogens is 1. The zero-order valence-electron chi connectivity index (χ0n) is 12.1. The molecule has 1 heterocycles. The highest BCUT2D eigenvalue weighted by molar-refractivity contribution is 6.05. The maximum absolute atomic E-state index is 13.5. The molecule has 0 atom stereocenters. The summed E-state index contributed by atoms with van der Waals surface area (Å²) >= 11 is 0. The molecule has 0 saturated carbocycles. The molecule has 0 radical (unpaired) electrons.